The maximum absolute atomic E-state index is 12.7. The number of aromatic hydroxyl groups is 1. The zero-order chi connectivity index (χ0) is 17.9. The van der Waals surface area contributed by atoms with Crippen molar-refractivity contribution in [2.24, 2.45) is 0 Å². The van der Waals surface area contributed by atoms with Crippen LogP contribution in [0.15, 0.2) is 79.0 Å². The van der Waals surface area contributed by atoms with Gasteiger partial charge >= 0.3 is 0 Å². The SMILES string of the molecule is O=C(Cn1ccc(Cc2cccc(O)c2)n1)c1cccc2ccccc12. The number of rotatable bonds is 5. The Bertz CT molecular complexity index is 1080. The summed E-state index contributed by atoms with van der Waals surface area (Å²) in [5, 5.41) is 16.1. The van der Waals surface area contributed by atoms with Crippen LogP contribution in [0.5, 0.6) is 5.75 Å². The molecule has 4 nitrogen and oxygen atoms in total. The number of carbonyl (C=O) groups excluding carboxylic acids is 1. The van der Waals surface area contributed by atoms with Gasteiger partial charge in [-0.2, -0.15) is 5.10 Å². The van der Waals surface area contributed by atoms with Gasteiger partial charge in [-0.1, -0.05) is 54.6 Å². The van der Waals surface area contributed by atoms with E-state index < -0.39 is 0 Å². The molecular weight excluding hydrogens is 324 g/mol. The van der Waals surface area contributed by atoms with Gasteiger partial charge in [-0.15, -0.1) is 0 Å². The molecule has 4 aromatic rings. The van der Waals surface area contributed by atoms with Crippen molar-refractivity contribution in [3.63, 3.8) is 0 Å². The second kappa shape index (κ2) is 6.84. The first-order valence-electron chi connectivity index (χ1n) is 8.50. The molecule has 0 aliphatic carbocycles. The van der Waals surface area contributed by atoms with E-state index in [0.29, 0.717) is 12.0 Å². The number of nitrogens with zero attached hydrogens (tertiary/aromatic N) is 2. The van der Waals surface area contributed by atoms with Gasteiger partial charge in [0.25, 0.3) is 0 Å². The van der Waals surface area contributed by atoms with Crippen molar-refractivity contribution in [3.8, 4) is 5.75 Å². The molecule has 0 aliphatic rings. The number of phenolic OH excluding ortho intramolecular Hbond substituents is 1. The minimum absolute atomic E-state index is 0.0359. The number of ketones is 1. The second-order valence-electron chi connectivity index (χ2n) is 6.30. The molecule has 128 valence electrons. The van der Waals surface area contributed by atoms with Gasteiger partial charge in [-0.3, -0.25) is 9.48 Å². The minimum Gasteiger partial charge on any atom is -0.508 e. The average Bonchev–Trinajstić information content (AvgIpc) is 3.08. The van der Waals surface area contributed by atoms with Gasteiger partial charge in [-0.25, -0.2) is 0 Å². The molecule has 1 heterocycles. The molecule has 0 spiro atoms. The van der Waals surface area contributed by atoms with E-state index in [1.54, 1.807) is 16.8 Å². The van der Waals surface area contributed by atoms with E-state index in [-0.39, 0.29) is 18.1 Å². The van der Waals surface area contributed by atoms with Gasteiger partial charge in [0, 0.05) is 18.2 Å². The Hall–Kier alpha value is -3.40. The highest BCUT2D eigenvalue weighted by Gasteiger charge is 2.11. The van der Waals surface area contributed by atoms with E-state index in [0.717, 1.165) is 22.0 Å². The molecule has 1 N–H and O–H groups in total. The lowest BCUT2D eigenvalue weighted by atomic mass is 10.0. The molecule has 0 radical (unpaired) electrons. The average molecular weight is 342 g/mol. The predicted molar refractivity (Wildman–Crippen MR) is 101 cm³/mol. The first-order chi connectivity index (χ1) is 12.7. The van der Waals surface area contributed by atoms with Gasteiger partial charge < -0.3 is 5.11 Å². The molecular formula is C22H18N2O2. The normalized spacial score (nSPS) is 10.9. The van der Waals surface area contributed by atoms with Crippen LogP contribution in [0.2, 0.25) is 0 Å². The Morgan fingerprint density at radius 3 is 2.65 bits per heavy atom. The van der Waals surface area contributed by atoms with E-state index in [9.17, 15) is 9.90 Å². The van der Waals surface area contributed by atoms with Crippen molar-refractivity contribution >= 4 is 16.6 Å². The molecule has 26 heavy (non-hydrogen) atoms. The Kier molecular flexibility index (Phi) is 4.23. The number of phenols is 1. The molecule has 0 saturated carbocycles. The zero-order valence-electron chi connectivity index (χ0n) is 14.2. The third kappa shape index (κ3) is 3.35. The Morgan fingerprint density at radius 2 is 1.77 bits per heavy atom. The zero-order valence-corrected chi connectivity index (χ0v) is 14.2. The standard InChI is InChI=1S/C22H18N2O2/c25-19-8-3-5-16(14-19)13-18-11-12-24(23-18)15-22(26)21-10-4-7-17-6-1-2-9-20(17)21/h1-12,14,25H,13,15H2. The third-order valence-electron chi connectivity index (χ3n) is 4.39. The fourth-order valence-corrected chi connectivity index (χ4v) is 3.16. The minimum atomic E-state index is 0.0359. The summed E-state index contributed by atoms with van der Waals surface area (Å²) in [4.78, 5) is 12.7. The van der Waals surface area contributed by atoms with Crippen molar-refractivity contribution in [1.82, 2.24) is 9.78 Å². The second-order valence-corrected chi connectivity index (χ2v) is 6.30. The number of aromatic nitrogens is 2. The summed E-state index contributed by atoms with van der Waals surface area (Å²) in [6.45, 7) is 0.202. The fraction of sp³-hybridized carbons (Fsp3) is 0.0909. The van der Waals surface area contributed by atoms with Gasteiger partial charge in [0.1, 0.15) is 12.3 Å². The molecule has 4 heteroatoms. The number of Topliss-reactive ketones (excluding diaryl/α,β-unsaturated/α-hetero) is 1. The van der Waals surface area contributed by atoms with Crippen molar-refractivity contribution < 1.29 is 9.90 Å². The lowest BCUT2D eigenvalue weighted by Crippen LogP contribution is -2.11. The molecule has 0 fully saturated rings. The molecule has 0 unspecified atom stereocenters. The van der Waals surface area contributed by atoms with E-state index in [2.05, 4.69) is 5.10 Å². The van der Waals surface area contributed by atoms with Crippen LogP contribution in [0.4, 0.5) is 0 Å². The number of benzene rings is 3. The van der Waals surface area contributed by atoms with Gasteiger partial charge in [0.05, 0.1) is 5.69 Å². The van der Waals surface area contributed by atoms with Crippen LogP contribution in [0.25, 0.3) is 10.8 Å². The lowest BCUT2D eigenvalue weighted by molar-refractivity contribution is 0.0969. The number of carbonyl (C=O) groups is 1. The Labute approximate surface area is 151 Å². The molecule has 0 aliphatic heterocycles. The van der Waals surface area contributed by atoms with Crippen LogP contribution < -0.4 is 0 Å². The lowest BCUT2D eigenvalue weighted by Gasteiger charge is -2.06. The molecule has 0 atom stereocenters. The van der Waals surface area contributed by atoms with E-state index in [4.69, 9.17) is 0 Å². The molecule has 4 rings (SSSR count). The smallest absolute Gasteiger partial charge is 0.184 e. The predicted octanol–water partition coefficient (Wildman–Crippen LogP) is 4.22. The highest BCUT2D eigenvalue weighted by molar-refractivity contribution is 6.07. The van der Waals surface area contributed by atoms with Gasteiger partial charge in [0.15, 0.2) is 5.78 Å². The van der Waals surface area contributed by atoms with E-state index in [1.165, 1.54) is 0 Å². The van der Waals surface area contributed by atoms with Crippen molar-refractivity contribution in [2.75, 3.05) is 0 Å². The fourth-order valence-electron chi connectivity index (χ4n) is 3.16. The number of hydrogen-bond acceptors (Lipinski definition) is 3. The monoisotopic (exact) mass is 342 g/mol. The number of fused-ring (bicyclic) bond motifs is 1. The van der Waals surface area contributed by atoms with Crippen LogP contribution in [0, 0.1) is 0 Å². The van der Waals surface area contributed by atoms with Crippen molar-refractivity contribution in [2.45, 2.75) is 13.0 Å². The topological polar surface area (TPSA) is 55.1 Å². The summed E-state index contributed by atoms with van der Waals surface area (Å²) in [6.07, 6.45) is 2.44. The largest absolute Gasteiger partial charge is 0.508 e. The van der Waals surface area contributed by atoms with E-state index in [1.807, 2.05) is 66.9 Å². The molecule has 0 amide bonds. The molecule has 1 aromatic heterocycles. The van der Waals surface area contributed by atoms with Gasteiger partial charge in [0.2, 0.25) is 0 Å². The summed E-state index contributed by atoms with van der Waals surface area (Å²) < 4.78 is 1.67. The summed E-state index contributed by atoms with van der Waals surface area (Å²) in [5.41, 5.74) is 2.56. The Balaban J connectivity index is 1.52. The molecule has 0 saturated heterocycles. The Morgan fingerprint density at radius 1 is 0.962 bits per heavy atom. The number of hydrogen-bond donors (Lipinski definition) is 1. The summed E-state index contributed by atoms with van der Waals surface area (Å²) >= 11 is 0. The summed E-state index contributed by atoms with van der Waals surface area (Å²) in [5.74, 6) is 0.280. The van der Waals surface area contributed by atoms with Crippen molar-refractivity contribution in [1.29, 1.82) is 0 Å². The summed E-state index contributed by atoms with van der Waals surface area (Å²) in [7, 11) is 0. The van der Waals surface area contributed by atoms with Crippen LogP contribution >= 0.6 is 0 Å². The van der Waals surface area contributed by atoms with Crippen LogP contribution in [0.3, 0.4) is 0 Å². The van der Waals surface area contributed by atoms with Crippen LogP contribution in [-0.2, 0) is 13.0 Å². The first-order valence-corrected chi connectivity index (χ1v) is 8.50. The van der Waals surface area contributed by atoms with Crippen molar-refractivity contribution in [3.05, 3.63) is 95.8 Å². The third-order valence-corrected chi connectivity index (χ3v) is 4.39. The van der Waals surface area contributed by atoms with E-state index >= 15 is 0 Å². The van der Waals surface area contributed by atoms with Gasteiger partial charge in [-0.05, 0) is 34.5 Å². The highest BCUT2D eigenvalue weighted by Crippen LogP contribution is 2.19. The quantitative estimate of drug-likeness (QED) is 0.553. The summed E-state index contributed by atoms with van der Waals surface area (Å²) in [6, 6.07) is 22.7. The first kappa shape index (κ1) is 16.1. The highest BCUT2D eigenvalue weighted by atomic mass is 16.3. The van der Waals surface area contributed by atoms with Crippen LogP contribution in [-0.4, -0.2) is 20.7 Å². The molecule has 3 aromatic carbocycles. The maximum Gasteiger partial charge on any atom is 0.184 e. The van der Waals surface area contributed by atoms with Crippen LogP contribution in [0.1, 0.15) is 21.6 Å². The molecule has 0 bridgehead atoms. The maximum atomic E-state index is 12.7.